The third-order valence-electron chi connectivity index (χ3n) is 3.56. The fourth-order valence-corrected chi connectivity index (χ4v) is 2.39. The highest BCUT2D eigenvalue weighted by molar-refractivity contribution is 5.34. The van der Waals surface area contributed by atoms with Crippen LogP contribution in [-0.2, 0) is 6.42 Å². The summed E-state index contributed by atoms with van der Waals surface area (Å²) >= 11 is 0. The predicted octanol–water partition coefficient (Wildman–Crippen LogP) is 4.89. The maximum absolute atomic E-state index is 13.2. The maximum Gasteiger partial charge on any atom is 0.127 e. The van der Waals surface area contributed by atoms with Crippen molar-refractivity contribution in [2.24, 2.45) is 0 Å². The molecule has 3 aromatic carbocycles. The lowest BCUT2D eigenvalue weighted by molar-refractivity contribution is 0.178. The van der Waals surface area contributed by atoms with Crippen molar-refractivity contribution in [3.63, 3.8) is 0 Å². The molecular weight excluding hydrogens is 291 g/mol. The lowest BCUT2D eigenvalue weighted by Gasteiger charge is -2.12. The normalized spacial score (nSPS) is 11.9. The Hall–Kier alpha value is -2.65. The van der Waals surface area contributed by atoms with E-state index in [2.05, 4.69) is 0 Å². The topological polar surface area (TPSA) is 29.5 Å². The minimum absolute atomic E-state index is 0.290. The first kappa shape index (κ1) is 15.3. The average Bonchev–Trinajstić information content (AvgIpc) is 2.56. The summed E-state index contributed by atoms with van der Waals surface area (Å²) < 4.78 is 18.9. The number of ether oxygens (including phenoxy) is 1. The van der Waals surface area contributed by atoms with Gasteiger partial charge in [0, 0.05) is 6.42 Å². The molecule has 3 rings (SSSR count). The molecular formula is C20H17FO2. The van der Waals surface area contributed by atoms with Gasteiger partial charge in [0.05, 0.1) is 6.10 Å². The summed E-state index contributed by atoms with van der Waals surface area (Å²) in [5, 5.41) is 10.3. The van der Waals surface area contributed by atoms with Gasteiger partial charge in [0.15, 0.2) is 0 Å². The van der Waals surface area contributed by atoms with Gasteiger partial charge in [0.25, 0.3) is 0 Å². The smallest absolute Gasteiger partial charge is 0.127 e. The molecule has 1 atom stereocenters. The van der Waals surface area contributed by atoms with Crippen molar-refractivity contribution in [2.45, 2.75) is 12.5 Å². The molecule has 1 N–H and O–H groups in total. The van der Waals surface area contributed by atoms with Crippen LogP contribution in [0.15, 0.2) is 78.9 Å². The van der Waals surface area contributed by atoms with Crippen molar-refractivity contribution in [3.05, 3.63) is 95.8 Å². The minimum atomic E-state index is -0.678. The Labute approximate surface area is 134 Å². The number of hydrogen-bond donors (Lipinski definition) is 1. The standard InChI is InChI=1S/C20H17FO2/c21-17-6-4-5-15(13-17)14-20(22)16-9-11-19(12-10-16)23-18-7-2-1-3-8-18/h1-13,20,22H,14H2. The molecule has 0 aromatic heterocycles. The zero-order valence-corrected chi connectivity index (χ0v) is 12.5. The van der Waals surface area contributed by atoms with E-state index in [0.29, 0.717) is 12.2 Å². The van der Waals surface area contributed by atoms with Crippen LogP contribution >= 0.6 is 0 Å². The lowest BCUT2D eigenvalue weighted by atomic mass is 10.0. The SMILES string of the molecule is OC(Cc1cccc(F)c1)c1ccc(Oc2ccccc2)cc1. The summed E-state index contributed by atoms with van der Waals surface area (Å²) in [7, 11) is 0. The van der Waals surface area contributed by atoms with Gasteiger partial charge in [-0.15, -0.1) is 0 Å². The Kier molecular flexibility index (Phi) is 4.69. The van der Waals surface area contributed by atoms with E-state index in [9.17, 15) is 9.50 Å². The molecule has 2 nitrogen and oxygen atoms in total. The third-order valence-corrected chi connectivity index (χ3v) is 3.56. The molecule has 116 valence electrons. The number of aliphatic hydroxyl groups excluding tert-OH is 1. The van der Waals surface area contributed by atoms with Crippen LogP contribution in [0.3, 0.4) is 0 Å². The van der Waals surface area contributed by atoms with E-state index in [1.165, 1.54) is 12.1 Å². The third kappa shape index (κ3) is 4.18. The van der Waals surface area contributed by atoms with Gasteiger partial charge in [-0.2, -0.15) is 0 Å². The van der Waals surface area contributed by atoms with Crippen LogP contribution in [-0.4, -0.2) is 5.11 Å². The summed E-state index contributed by atoms with van der Waals surface area (Å²) in [5.41, 5.74) is 1.54. The maximum atomic E-state index is 13.2. The van der Waals surface area contributed by atoms with E-state index < -0.39 is 6.10 Å². The van der Waals surface area contributed by atoms with Crippen molar-refractivity contribution in [1.82, 2.24) is 0 Å². The second-order valence-electron chi connectivity index (χ2n) is 5.33. The van der Waals surface area contributed by atoms with E-state index in [4.69, 9.17) is 4.74 Å². The molecule has 1 unspecified atom stereocenters. The van der Waals surface area contributed by atoms with Crippen molar-refractivity contribution >= 4 is 0 Å². The van der Waals surface area contributed by atoms with Crippen LogP contribution in [0.1, 0.15) is 17.2 Å². The largest absolute Gasteiger partial charge is 0.457 e. The highest BCUT2D eigenvalue weighted by atomic mass is 19.1. The van der Waals surface area contributed by atoms with Gasteiger partial charge in [-0.25, -0.2) is 4.39 Å². The van der Waals surface area contributed by atoms with Gasteiger partial charge in [0.2, 0.25) is 0 Å². The molecule has 0 radical (unpaired) electrons. The molecule has 0 bridgehead atoms. The number of benzene rings is 3. The summed E-state index contributed by atoms with van der Waals surface area (Å²) in [5.74, 6) is 1.18. The van der Waals surface area contributed by atoms with E-state index >= 15 is 0 Å². The molecule has 0 spiro atoms. The monoisotopic (exact) mass is 308 g/mol. The van der Waals surface area contributed by atoms with Crippen molar-refractivity contribution in [3.8, 4) is 11.5 Å². The molecule has 0 saturated heterocycles. The van der Waals surface area contributed by atoms with Crippen LogP contribution in [0.5, 0.6) is 11.5 Å². The van der Waals surface area contributed by atoms with Gasteiger partial charge in [-0.1, -0.05) is 42.5 Å². The molecule has 3 aromatic rings. The summed E-state index contributed by atoms with van der Waals surface area (Å²) in [6.07, 6.45) is -0.306. The molecule has 0 fully saturated rings. The van der Waals surface area contributed by atoms with Gasteiger partial charge >= 0.3 is 0 Å². The lowest BCUT2D eigenvalue weighted by Crippen LogP contribution is -2.02. The van der Waals surface area contributed by atoms with Gasteiger partial charge in [-0.05, 0) is 47.5 Å². The minimum Gasteiger partial charge on any atom is -0.457 e. The Morgan fingerprint density at radius 1 is 0.826 bits per heavy atom. The summed E-state index contributed by atoms with van der Waals surface area (Å²) in [4.78, 5) is 0. The molecule has 23 heavy (non-hydrogen) atoms. The first-order valence-corrected chi connectivity index (χ1v) is 7.46. The number of rotatable bonds is 5. The van der Waals surface area contributed by atoms with Crippen LogP contribution in [0.4, 0.5) is 4.39 Å². The van der Waals surface area contributed by atoms with E-state index in [1.54, 1.807) is 12.1 Å². The summed E-state index contributed by atoms with van der Waals surface area (Å²) in [6.45, 7) is 0. The van der Waals surface area contributed by atoms with E-state index in [-0.39, 0.29) is 5.82 Å². The quantitative estimate of drug-likeness (QED) is 0.727. The Balaban J connectivity index is 1.66. The van der Waals surface area contributed by atoms with E-state index in [1.807, 2.05) is 54.6 Å². The predicted molar refractivity (Wildman–Crippen MR) is 88.0 cm³/mol. The highest BCUT2D eigenvalue weighted by Gasteiger charge is 2.09. The molecule has 0 heterocycles. The Morgan fingerprint density at radius 3 is 2.22 bits per heavy atom. The van der Waals surface area contributed by atoms with Crippen LogP contribution in [0, 0.1) is 5.82 Å². The van der Waals surface area contributed by atoms with Gasteiger partial charge < -0.3 is 9.84 Å². The number of aliphatic hydroxyl groups is 1. The van der Waals surface area contributed by atoms with Crippen molar-refractivity contribution in [2.75, 3.05) is 0 Å². The zero-order chi connectivity index (χ0) is 16.1. The zero-order valence-electron chi connectivity index (χ0n) is 12.5. The number of hydrogen-bond acceptors (Lipinski definition) is 2. The first-order chi connectivity index (χ1) is 11.2. The fraction of sp³-hybridized carbons (Fsp3) is 0.100. The van der Waals surface area contributed by atoms with E-state index in [0.717, 1.165) is 16.9 Å². The second kappa shape index (κ2) is 7.07. The average molecular weight is 308 g/mol. The molecule has 0 amide bonds. The number of halogens is 1. The molecule has 0 saturated carbocycles. The van der Waals surface area contributed by atoms with Gasteiger partial charge in [-0.3, -0.25) is 0 Å². The fourth-order valence-electron chi connectivity index (χ4n) is 2.39. The highest BCUT2D eigenvalue weighted by Crippen LogP contribution is 2.24. The molecule has 3 heteroatoms. The van der Waals surface area contributed by atoms with Crippen molar-refractivity contribution < 1.29 is 14.2 Å². The van der Waals surface area contributed by atoms with Crippen LogP contribution in [0.2, 0.25) is 0 Å². The van der Waals surface area contributed by atoms with Crippen LogP contribution in [0.25, 0.3) is 0 Å². The van der Waals surface area contributed by atoms with Gasteiger partial charge in [0.1, 0.15) is 17.3 Å². The second-order valence-corrected chi connectivity index (χ2v) is 5.33. The molecule has 0 aliphatic rings. The first-order valence-electron chi connectivity index (χ1n) is 7.46. The number of para-hydroxylation sites is 1. The van der Waals surface area contributed by atoms with Crippen molar-refractivity contribution in [1.29, 1.82) is 0 Å². The Bertz CT molecular complexity index is 754. The molecule has 0 aliphatic carbocycles. The summed E-state index contributed by atoms with van der Waals surface area (Å²) in [6, 6.07) is 23.1. The molecule has 0 aliphatic heterocycles. The van der Waals surface area contributed by atoms with Crippen LogP contribution < -0.4 is 4.74 Å². The Morgan fingerprint density at radius 2 is 1.52 bits per heavy atom.